The number of nitriles is 1. The summed E-state index contributed by atoms with van der Waals surface area (Å²) in [5.41, 5.74) is 0.734. The highest BCUT2D eigenvalue weighted by Crippen LogP contribution is 2.15. The minimum absolute atomic E-state index is 0.0212. The predicted molar refractivity (Wildman–Crippen MR) is 70.5 cm³/mol. The van der Waals surface area contributed by atoms with Crippen molar-refractivity contribution in [1.82, 2.24) is 0 Å². The third-order valence-corrected chi connectivity index (χ3v) is 2.60. The van der Waals surface area contributed by atoms with Gasteiger partial charge in [0.05, 0.1) is 12.5 Å². The van der Waals surface area contributed by atoms with E-state index in [-0.39, 0.29) is 25.2 Å². The van der Waals surface area contributed by atoms with Gasteiger partial charge in [0.2, 0.25) is 5.91 Å². The standard InChI is InChI=1S/C14H16N2O3/c15-10-5-11-16(12-6-2-1-3-7-12)13(17)8-4-9-14(18)19/h1-3,6-7H,4-5,8-9,11H2,(H,18,19). The van der Waals surface area contributed by atoms with Gasteiger partial charge in [0.15, 0.2) is 0 Å². The number of amides is 1. The van der Waals surface area contributed by atoms with Crippen molar-refractivity contribution in [3.63, 3.8) is 0 Å². The van der Waals surface area contributed by atoms with E-state index in [1.165, 1.54) is 4.90 Å². The molecule has 0 radical (unpaired) electrons. The summed E-state index contributed by atoms with van der Waals surface area (Å²) < 4.78 is 0. The molecule has 0 saturated heterocycles. The highest BCUT2D eigenvalue weighted by molar-refractivity contribution is 5.93. The second-order valence-corrected chi connectivity index (χ2v) is 4.04. The van der Waals surface area contributed by atoms with Crippen LogP contribution in [-0.2, 0) is 9.59 Å². The molecule has 0 unspecified atom stereocenters. The molecule has 0 heterocycles. The van der Waals surface area contributed by atoms with Crippen LogP contribution >= 0.6 is 0 Å². The zero-order chi connectivity index (χ0) is 14.1. The van der Waals surface area contributed by atoms with Gasteiger partial charge in [0.25, 0.3) is 0 Å². The number of aliphatic carboxylic acids is 1. The molecular weight excluding hydrogens is 244 g/mol. The van der Waals surface area contributed by atoms with Crippen LogP contribution in [-0.4, -0.2) is 23.5 Å². The average molecular weight is 260 g/mol. The summed E-state index contributed by atoms with van der Waals surface area (Å²) in [6, 6.07) is 11.1. The van der Waals surface area contributed by atoms with Crippen LogP contribution in [0.2, 0.25) is 0 Å². The van der Waals surface area contributed by atoms with E-state index in [4.69, 9.17) is 10.4 Å². The molecule has 1 amide bonds. The fraction of sp³-hybridized carbons (Fsp3) is 0.357. The molecule has 0 saturated carbocycles. The van der Waals surface area contributed by atoms with Crippen molar-refractivity contribution >= 4 is 17.6 Å². The lowest BCUT2D eigenvalue weighted by atomic mass is 10.2. The van der Waals surface area contributed by atoms with Gasteiger partial charge < -0.3 is 10.0 Å². The molecule has 1 rings (SSSR count). The molecule has 0 aliphatic rings. The van der Waals surface area contributed by atoms with Crippen molar-refractivity contribution in [3.05, 3.63) is 30.3 Å². The van der Waals surface area contributed by atoms with E-state index in [0.29, 0.717) is 13.0 Å². The van der Waals surface area contributed by atoms with Crippen molar-refractivity contribution in [2.75, 3.05) is 11.4 Å². The summed E-state index contributed by atoms with van der Waals surface area (Å²) in [4.78, 5) is 24.0. The van der Waals surface area contributed by atoms with Crippen LogP contribution in [0.5, 0.6) is 0 Å². The van der Waals surface area contributed by atoms with E-state index in [1.807, 2.05) is 24.3 Å². The van der Waals surface area contributed by atoms with Crippen LogP contribution in [0.1, 0.15) is 25.7 Å². The Balaban J connectivity index is 2.66. The van der Waals surface area contributed by atoms with Gasteiger partial charge in [-0.2, -0.15) is 5.26 Å². The van der Waals surface area contributed by atoms with Crippen molar-refractivity contribution in [2.24, 2.45) is 0 Å². The van der Waals surface area contributed by atoms with E-state index < -0.39 is 5.97 Å². The Morgan fingerprint density at radius 3 is 2.47 bits per heavy atom. The van der Waals surface area contributed by atoms with Crippen molar-refractivity contribution < 1.29 is 14.7 Å². The van der Waals surface area contributed by atoms with Crippen molar-refractivity contribution in [3.8, 4) is 6.07 Å². The minimum atomic E-state index is -0.906. The van der Waals surface area contributed by atoms with Gasteiger partial charge in [-0.3, -0.25) is 9.59 Å². The van der Waals surface area contributed by atoms with Crippen LogP contribution in [0, 0.1) is 11.3 Å². The van der Waals surface area contributed by atoms with E-state index in [2.05, 4.69) is 0 Å². The number of hydrogen-bond acceptors (Lipinski definition) is 3. The first-order valence-corrected chi connectivity index (χ1v) is 6.09. The average Bonchev–Trinajstić information content (AvgIpc) is 2.40. The number of para-hydroxylation sites is 1. The molecule has 0 aliphatic heterocycles. The lowest BCUT2D eigenvalue weighted by molar-refractivity contribution is -0.137. The van der Waals surface area contributed by atoms with E-state index >= 15 is 0 Å². The Morgan fingerprint density at radius 1 is 1.21 bits per heavy atom. The lowest BCUT2D eigenvalue weighted by Gasteiger charge is -2.21. The van der Waals surface area contributed by atoms with Crippen LogP contribution in [0.4, 0.5) is 5.69 Å². The number of nitrogens with zero attached hydrogens (tertiary/aromatic N) is 2. The molecule has 0 spiro atoms. The molecule has 0 aromatic heterocycles. The molecule has 0 atom stereocenters. The number of carbonyl (C=O) groups is 2. The van der Waals surface area contributed by atoms with Gasteiger partial charge in [0, 0.05) is 25.1 Å². The fourth-order valence-corrected chi connectivity index (χ4v) is 1.69. The van der Waals surface area contributed by atoms with Crippen molar-refractivity contribution in [2.45, 2.75) is 25.7 Å². The van der Waals surface area contributed by atoms with Crippen LogP contribution in [0.3, 0.4) is 0 Å². The second kappa shape index (κ2) is 7.88. The quantitative estimate of drug-likeness (QED) is 0.814. The van der Waals surface area contributed by atoms with Gasteiger partial charge in [-0.15, -0.1) is 0 Å². The molecule has 5 heteroatoms. The number of carboxylic acid groups (broad SMARTS) is 1. The second-order valence-electron chi connectivity index (χ2n) is 4.04. The normalized spacial score (nSPS) is 9.63. The Kier molecular flexibility index (Phi) is 6.10. The molecule has 5 nitrogen and oxygen atoms in total. The molecule has 19 heavy (non-hydrogen) atoms. The molecule has 1 aromatic carbocycles. The first-order chi connectivity index (χ1) is 9.15. The van der Waals surface area contributed by atoms with Gasteiger partial charge in [-0.05, 0) is 18.6 Å². The van der Waals surface area contributed by atoms with Gasteiger partial charge in [0.1, 0.15) is 0 Å². The fourth-order valence-electron chi connectivity index (χ4n) is 1.69. The van der Waals surface area contributed by atoms with E-state index in [0.717, 1.165) is 5.69 Å². The topological polar surface area (TPSA) is 81.4 Å². The molecule has 0 aliphatic carbocycles. The maximum Gasteiger partial charge on any atom is 0.303 e. The molecule has 0 bridgehead atoms. The largest absolute Gasteiger partial charge is 0.481 e. The maximum absolute atomic E-state index is 12.1. The molecule has 1 aromatic rings. The lowest BCUT2D eigenvalue weighted by Crippen LogP contribution is -2.31. The highest BCUT2D eigenvalue weighted by Gasteiger charge is 2.15. The van der Waals surface area contributed by atoms with E-state index in [9.17, 15) is 9.59 Å². The van der Waals surface area contributed by atoms with Crippen LogP contribution in [0.15, 0.2) is 30.3 Å². The summed E-state index contributed by atoms with van der Waals surface area (Å²) in [6.07, 6.45) is 0.711. The van der Waals surface area contributed by atoms with Gasteiger partial charge in [-0.1, -0.05) is 18.2 Å². The predicted octanol–water partition coefficient (Wildman–Crippen LogP) is 2.19. The number of rotatable bonds is 7. The monoisotopic (exact) mass is 260 g/mol. The third-order valence-electron chi connectivity index (χ3n) is 2.60. The number of anilines is 1. The first kappa shape index (κ1) is 14.7. The number of carbonyl (C=O) groups excluding carboxylic acids is 1. The summed E-state index contributed by atoms with van der Waals surface area (Å²) in [6.45, 7) is 0.326. The summed E-state index contributed by atoms with van der Waals surface area (Å²) in [5.74, 6) is -1.06. The summed E-state index contributed by atoms with van der Waals surface area (Å²) in [5, 5.41) is 17.2. The molecular formula is C14H16N2O3. The Morgan fingerprint density at radius 2 is 1.89 bits per heavy atom. The minimum Gasteiger partial charge on any atom is -0.481 e. The van der Waals surface area contributed by atoms with E-state index in [1.54, 1.807) is 12.1 Å². The smallest absolute Gasteiger partial charge is 0.303 e. The SMILES string of the molecule is N#CCCN(C(=O)CCCC(=O)O)c1ccccc1. The number of carboxylic acids is 1. The summed E-state index contributed by atoms with van der Waals surface area (Å²) >= 11 is 0. The molecule has 100 valence electrons. The van der Waals surface area contributed by atoms with Gasteiger partial charge >= 0.3 is 5.97 Å². The Hall–Kier alpha value is -2.35. The van der Waals surface area contributed by atoms with Gasteiger partial charge in [-0.25, -0.2) is 0 Å². The number of benzene rings is 1. The first-order valence-electron chi connectivity index (χ1n) is 6.09. The number of hydrogen-bond donors (Lipinski definition) is 1. The van der Waals surface area contributed by atoms with Crippen LogP contribution in [0.25, 0.3) is 0 Å². The zero-order valence-corrected chi connectivity index (χ0v) is 10.6. The Labute approximate surface area is 112 Å². The highest BCUT2D eigenvalue weighted by atomic mass is 16.4. The third kappa shape index (κ3) is 5.21. The molecule has 1 N–H and O–H groups in total. The van der Waals surface area contributed by atoms with Crippen molar-refractivity contribution in [1.29, 1.82) is 5.26 Å². The Bertz CT molecular complexity index is 465. The molecule has 0 fully saturated rings. The summed E-state index contributed by atoms with van der Waals surface area (Å²) in [7, 11) is 0. The maximum atomic E-state index is 12.1. The van der Waals surface area contributed by atoms with Crippen LogP contribution < -0.4 is 4.90 Å². The zero-order valence-electron chi connectivity index (χ0n) is 10.6.